The normalized spacial score (nSPS) is 15.6. The quantitative estimate of drug-likeness (QED) is 0.747. The molecule has 1 fully saturated rings. The molecule has 0 aromatic carbocycles. The van der Waals surface area contributed by atoms with Crippen LogP contribution in [0.1, 0.15) is 32.6 Å². The first-order valence-corrected chi connectivity index (χ1v) is 8.72. The number of nitrogens with zero attached hydrogens (tertiary/aromatic N) is 6. The summed E-state index contributed by atoms with van der Waals surface area (Å²) in [6.07, 6.45) is 8.15. The first-order chi connectivity index (χ1) is 11.7. The average molecular weight is 330 g/mol. The summed E-state index contributed by atoms with van der Waals surface area (Å²) < 4.78 is 1.92. The molecule has 1 saturated heterocycles. The molecule has 0 radical (unpaired) electrons. The number of rotatable bonds is 7. The van der Waals surface area contributed by atoms with Crippen molar-refractivity contribution in [2.24, 2.45) is 5.92 Å². The molecule has 0 atom stereocenters. The second kappa shape index (κ2) is 7.94. The molecule has 0 bridgehead atoms. The number of aromatic nitrogens is 5. The number of nitrogen functional groups attached to an aromatic ring is 1. The van der Waals surface area contributed by atoms with Crippen molar-refractivity contribution in [1.82, 2.24) is 25.0 Å². The smallest absolute Gasteiger partial charge is 0.223 e. The van der Waals surface area contributed by atoms with Crippen LogP contribution in [0.4, 0.5) is 17.6 Å². The Bertz CT molecular complexity index is 619. The summed E-state index contributed by atoms with van der Waals surface area (Å²) in [6, 6.07) is 2.00. The van der Waals surface area contributed by atoms with Crippen LogP contribution in [-0.4, -0.2) is 44.6 Å². The molecule has 0 aliphatic carbocycles. The van der Waals surface area contributed by atoms with Gasteiger partial charge in [0.05, 0.1) is 6.20 Å². The fourth-order valence-corrected chi connectivity index (χ4v) is 3.04. The van der Waals surface area contributed by atoms with Gasteiger partial charge in [-0.05, 0) is 25.2 Å². The third kappa shape index (κ3) is 4.33. The predicted molar refractivity (Wildman–Crippen MR) is 94.8 cm³/mol. The first-order valence-electron chi connectivity index (χ1n) is 8.72. The Morgan fingerprint density at radius 1 is 1.29 bits per heavy atom. The second-order valence-corrected chi connectivity index (χ2v) is 6.31. The lowest BCUT2D eigenvalue weighted by atomic mass is 9.97. The third-order valence-electron chi connectivity index (χ3n) is 4.42. The van der Waals surface area contributed by atoms with E-state index in [0.29, 0.717) is 11.9 Å². The van der Waals surface area contributed by atoms with Gasteiger partial charge in [0.2, 0.25) is 5.95 Å². The van der Waals surface area contributed by atoms with Crippen LogP contribution in [0.2, 0.25) is 0 Å². The second-order valence-electron chi connectivity index (χ2n) is 6.31. The van der Waals surface area contributed by atoms with Crippen molar-refractivity contribution >= 4 is 17.6 Å². The van der Waals surface area contributed by atoms with Gasteiger partial charge in [-0.2, -0.15) is 9.97 Å². The van der Waals surface area contributed by atoms with Crippen molar-refractivity contribution < 1.29 is 0 Å². The highest BCUT2D eigenvalue weighted by Gasteiger charge is 2.21. The van der Waals surface area contributed by atoms with Gasteiger partial charge in [-0.15, -0.1) is 5.10 Å². The Hall–Kier alpha value is -2.38. The molecule has 2 aromatic rings. The topological polar surface area (TPSA) is 97.8 Å². The average Bonchev–Trinajstić information content (AvgIpc) is 3.08. The summed E-state index contributed by atoms with van der Waals surface area (Å²) in [5.41, 5.74) is 5.88. The highest BCUT2D eigenvalue weighted by molar-refractivity contribution is 5.52. The SMILES string of the molecule is CCCCNc1cc(N2CCC(Cn3ccnn3)CC2)nc(N)n1. The number of hydrogen-bond acceptors (Lipinski definition) is 7. The highest BCUT2D eigenvalue weighted by Crippen LogP contribution is 2.24. The molecule has 1 aliphatic rings. The first kappa shape index (κ1) is 16.5. The van der Waals surface area contributed by atoms with Gasteiger partial charge in [0.25, 0.3) is 0 Å². The van der Waals surface area contributed by atoms with Gasteiger partial charge in [0.1, 0.15) is 11.6 Å². The van der Waals surface area contributed by atoms with Crippen molar-refractivity contribution in [3.8, 4) is 0 Å². The van der Waals surface area contributed by atoms with Crippen LogP contribution in [0.3, 0.4) is 0 Å². The van der Waals surface area contributed by atoms with E-state index in [1.807, 2.05) is 16.9 Å². The molecule has 0 unspecified atom stereocenters. The van der Waals surface area contributed by atoms with E-state index in [-0.39, 0.29) is 0 Å². The number of nitrogens with one attached hydrogen (secondary N) is 1. The lowest BCUT2D eigenvalue weighted by Gasteiger charge is -2.32. The molecular weight excluding hydrogens is 304 g/mol. The van der Waals surface area contributed by atoms with Gasteiger partial charge in [0, 0.05) is 38.4 Å². The molecule has 2 aromatic heterocycles. The van der Waals surface area contributed by atoms with Crippen LogP contribution >= 0.6 is 0 Å². The standard InChI is InChI=1S/C16H26N8/c1-2-3-6-18-14-11-15(21-16(17)20-14)23-8-4-13(5-9-23)12-24-10-7-19-22-24/h7,10-11,13H,2-6,8-9,12H2,1H3,(H3,17,18,20,21). The molecule has 0 spiro atoms. The maximum atomic E-state index is 5.88. The Labute approximate surface area is 142 Å². The minimum absolute atomic E-state index is 0.330. The molecular formula is C16H26N8. The van der Waals surface area contributed by atoms with Gasteiger partial charge in [-0.1, -0.05) is 18.6 Å². The Morgan fingerprint density at radius 2 is 2.12 bits per heavy atom. The number of anilines is 3. The molecule has 3 heterocycles. The molecule has 0 saturated carbocycles. The maximum absolute atomic E-state index is 5.88. The summed E-state index contributed by atoms with van der Waals surface area (Å²) in [6.45, 7) is 5.97. The van der Waals surface area contributed by atoms with Crippen molar-refractivity contribution in [1.29, 1.82) is 0 Å². The Morgan fingerprint density at radius 3 is 2.83 bits per heavy atom. The van der Waals surface area contributed by atoms with Gasteiger partial charge in [-0.25, -0.2) is 0 Å². The number of hydrogen-bond donors (Lipinski definition) is 2. The van der Waals surface area contributed by atoms with E-state index >= 15 is 0 Å². The van der Waals surface area contributed by atoms with Gasteiger partial charge in [0.15, 0.2) is 0 Å². The highest BCUT2D eigenvalue weighted by atomic mass is 15.4. The van der Waals surface area contributed by atoms with E-state index in [1.165, 1.54) is 0 Å². The number of unbranched alkanes of at least 4 members (excludes halogenated alkanes) is 1. The van der Waals surface area contributed by atoms with E-state index in [2.05, 4.69) is 37.4 Å². The van der Waals surface area contributed by atoms with E-state index < -0.39 is 0 Å². The molecule has 8 nitrogen and oxygen atoms in total. The lowest BCUT2D eigenvalue weighted by Crippen LogP contribution is -2.35. The van der Waals surface area contributed by atoms with Crippen LogP contribution in [-0.2, 0) is 6.54 Å². The van der Waals surface area contributed by atoms with Gasteiger partial charge < -0.3 is 16.0 Å². The lowest BCUT2D eigenvalue weighted by molar-refractivity contribution is 0.338. The zero-order valence-corrected chi connectivity index (χ0v) is 14.2. The molecule has 130 valence electrons. The van der Waals surface area contributed by atoms with Crippen LogP contribution in [0.5, 0.6) is 0 Å². The summed E-state index contributed by atoms with van der Waals surface area (Å²) in [4.78, 5) is 11.0. The molecule has 24 heavy (non-hydrogen) atoms. The van der Waals surface area contributed by atoms with Gasteiger partial charge in [-0.3, -0.25) is 4.68 Å². The fraction of sp³-hybridized carbons (Fsp3) is 0.625. The van der Waals surface area contributed by atoms with Crippen molar-refractivity contribution in [2.75, 3.05) is 35.6 Å². The molecule has 0 amide bonds. The zero-order valence-electron chi connectivity index (χ0n) is 14.2. The van der Waals surface area contributed by atoms with Gasteiger partial charge >= 0.3 is 0 Å². The minimum Gasteiger partial charge on any atom is -0.370 e. The number of nitrogens with two attached hydrogens (primary N) is 1. The number of piperidine rings is 1. The fourth-order valence-electron chi connectivity index (χ4n) is 3.04. The Balaban J connectivity index is 1.57. The van der Waals surface area contributed by atoms with Crippen LogP contribution < -0.4 is 16.0 Å². The maximum Gasteiger partial charge on any atom is 0.223 e. The molecule has 3 rings (SSSR count). The zero-order chi connectivity index (χ0) is 16.8. The third-order valence-corrected chi connectivity index (χ3v) is 4.42. The summed E-state index contributed by atoms with van der Waals surface area (Å²) in [5, 5.41) is 11.2. The van der Waals surface area contributed by atoms with Crippen molar-refractivity contribution in [2.45, 2.75) is 39.2 Å². The van der Waals surface area contributed by atoms with Crippen molar-refractivity contribution in [3.63, 3.8) is 0 Å². The largest absolute Gasteiger partial charge is 0.370 e. The van der Waals surface area contributed by atoms with E-state index in [9.17, 15) is 0 Å². The van der Waals surface area contributed by atoms with E-state index in [1.54, 1.807) is 6.20 Å². The van der Waals surface area contributed by atoms with Crippen LogP contribution in [0.15, 0.2) is 18.5 Å². The van der Waals surface area contributed by atoms with E-state index in [4.69, 9.17) is 5.73 Å². The van der Waals surface area contributed by atoms with Crippen LogP contribution in [0, 0.1) is 5.92 Å². The minimum atomic E-state index is 0.330. The molecule has 1 aliphatic heterocycles. The van der Waals surface area contributed by atoms with Crippen molar-refractivity contribution in [3.05, 3.63) is 18.5 Å². The van der Waals surface area contributed by atoms with Crippen LogP contribution in [0.25, 0.3) is 0 Å². The molecule has 3 N–H and O–H groups in total. The monoisotopic (exact) mass is 330 g/mol. The Kier molecular flexibility index (Phi) is 5.45. The molecule has 8 heteroatoms. The summed E-state index contributed by atoms with van der Waals surface area (Å²) in [5.74, 6) is 2.69. The van der Waals surface area contributed by atoms with E-state index in [0.717, 1.165) is 63.5 Å². The summed E-state index contributed by atoms with van der Waals surface area (Å²) in [7, 11) is 0. The predicted octanol–water partition coefficient (Wildman–Crippen LogP) is 1.78. The summed E-state index contributed by atoms with van der Waals surface area (Å²) >= 11 is 0.